The third kappa shape index (κ3) is 5.14. The monoisotopic (exact) mass is 351 g/mol. The summed E-state index contributed by atoms with van der Waals surface area (Å²) in [6, 6.07) is 5.89. The van der Waals surface area contributed by atoms with Crippen molar-refractivity contribution in [3.8, 4) is 0 Å². The summed E-state index contributed by atoms with van der Waals surface area (Å²) in [5.41, 5.74) is 1.56. The number of rotatable bonds is 6. The van der Waals surface area contributed by atoms with Crippen molar-refractivity contribution in [1.82, 2.24) is 15.1 Å². The van der Waals surface area contributed by atoms with Gasteiger partial charge in [0.2, 0.25) is 0 Å². The van der Waals surface area contributed by atoms with Gasteiger partial charge in [0.25, 0.3) is 0 Å². The van der Waals surface area contributed by atoms with Crippen LogP contribution in [0.25, 0.3) is 0 Å². The quantitative estimate of drug-likeness (QED) is 0.818. The molecule has 0 spiro atoms. The predicted octanol–water partition coefficient (Wildman–Crippen LogP) is 1.81. The Morgan fingerprint density at radius 1 is 1.29 bits per heavy atom. The zero-order valence-electron chi connectivity index (χ0n) is 14.2. The minimum Gasteiger partial charge on any atom is -0.479 e. The Hall–Kier alpha value is -1.73. The fourth-order valence-electron chi connectivity index (χ4n) is 2.75. The molecule has 1 aliphatic heterocycles. The first-order valence-corrected chi connectivity index (χ1v) is 9.46. The van der Waals surface area contributed by atoms with Crippen LogP contribution in [-0.2, 0) is 4.79 Å². The van der Waals surface area contributed by atoms with Crippen molar-refractivity contribution >= 4 is 23.8 Å². The number of nitrogens with zero attached hydrogens (tertiary/aromatic N) is 2. The smallest absolute Gasteiger partial charge is 0.330 e. The van der Waals surface area contributed by atoms with Gasteiger partial charge in [0.05, 0.1) is 0 Å². The lowest BCUT2D eigenvalue weighted by Crippen LogP contribution is -2.53. The number of hydrogen-bond acceptors (Lipinski definition) is 4. The highest BCUT2D eigenvalue weighted by molar-refractivity contribution is 7.98. The molecule has 132 valence electrons. The van der Waals surface area contributed by atoms with Crippen LogP contribution in [0.1, 0.15) is 17.2 Å². The van der Waals surface area contributed by atoms with Crippen LogP contribution < -0.4 is 5.32 Å². The standard InChI is InChI=1S/C17H25N3O3S/c1-13-4-3-5-14(12-13)15(16(21)22)18-17(23)20-8-6-19(7-9-20)10-11-24-2/h3-5,12,15H,6-11H2,1-2H3,(H,18,23)(H,21,22)/t15-/m1/s1. The first-order chi connectivity index (χ1) is 11.5. The Labute approximate surface area is 147 Å². The molecule has 2 rings (SSSR count). The van der Waals surface area contributed by atoms with Crippen LogP contribution in [0.4, 0.5) is 4.79 Å². The van der Waals surface area contributed by atoms with Gasteiger partial charge in [0, 0.05) is 38.5 Å². The average molecular weight is 351 g/mol. The summed E-state index contributed by atoms with van der Waals surface area (Å²) in [6.45, 7) is 5.84. The van der Waals surface area contributed by atoms with Gasteiger partial charge in [-0.2, -0.15) is 11.8 Å². The molecule has 0 radical (unpaired) electrons. The molecular weight excluding hydrogens is 326 g/mol. The summed E-state index contributed by atoms with van der Waals surface area (Å²) in [6.07, 6.45) is 2.08. The van der Waals surface area contributed by atoms with Crippen molar-refractivity contribution in [2.75, 3.05) is 44.7 Å². The van der Waals surface area contributed by atoms with Crippen LogP contribution in [0.15, 0.2) is 24.3 Å². The van der Waals surface area contributed by atoms with Crippen molar-refractivity contribution in [2.24, 2.45) is 0 Å². The molecule has 1 aliphatic rings. The summed E-state index contributed by atoms with van der Waals surface area (Å²) < 4.78 is 0. The number of piperazine rings is 1. The molecule has 24 heavy (non-hydrogen) atoms. The highest BCUT2D eigenvalue weighted by Crippen LogP contribution is 2.16. The normalized spacial score (nSPS) is 16.7. The summed E-state index contributed by atoms with van der Waals surface area (Å²) in [7, 11) is 0. The van der Waals surface area contributed by atoms with E-state index in [0.29, 0.717) is 18.7 Å². The van der Waals surface area contributed by atoms with E-state index < -0.39 is 12.0 Å². The van der Waals surface area contributed by atoms with E-state index in [1.165, 1.54) is 0 Å². The number of amides is 2. The summed E-state index contributed by atoms with van der Waals surface area (Å²) in [5.74, 6) is 0.0354. The lowest BCUT2D eigenvalue weighted by molar-refractivity contribution is -0.139. The number of carboxylic acids is 1. The van der Waals surface area contributed by atoms with E-state index in [1.807, 2.05) is 24.8 Å². The highest BCUT2D eigenvalue weighted by atomic mass is 32.2. The average Bonchev–Trinajstić information content (AvgIpc) is 2.57. The molecular formula is C17H25N3O3S. The molecule has 1 fully saturated rings. The Kier molecular flexibility index (Phi) is 6.93. The molecule has 6 nitrogen and oxygen atoms in total. The molecule has 0 unspecified atom stereocenters. The van der Waals surface area contributed by atoms with E-state index in [0.717, 1.165) is 31.0 Å². The molecule has 0 aromatic heterocycles. The fraction of sp³-hybridized carbons (Fsp3) is 0.529. The van der Waals surface area contributed by atoms with Crippen LogP contribution in [0.2, 0.25) is 0 Å². The molecule has 0 aliphatic carbocycles. The molecule has 0 saturated carbocycles. The van der Waals surface area contributed by atoms with Gasteiger partial charge in [-0.25, -0.2) is 9.59 Å². The topological polar surface area (TPSA) is 72.9 Å². The molecule has 2 amide bonds. The summed E-state index contributed by atoms with van der Waals surface area (Å²) in [4.78, 5) is 28.0. The Bertz CT molecular complexity index is 574. The molecule has 1 heterocycles. The number of thioether (sulfide) groups is 1. The molecule has 0 bridgehead atoms. The zero-order valence-corrected chi connectivity index (χ0v) is 15.0. The SMILES string of the molecule is CSCCN1CCN(C(=O)N[C@@H](C(=O)O)c2cccc(C)c2)CC1. The molecule has 7 heteroatoms. The third-order valence-corrected chi connectivity index (χ3v) is 4.75. The molecule has 1 aromatic rings. The first-order valence-electron chi connectivity index (χ1n) is 8.07. The van der Waals surface area contributed by atoms with E-state index in [9.17, 15) is 14.7 Å². The van der Waals surface area contributed by atoms with Crippen molar-refractivity contribution in [1.29, 1.82) is 0 Å². The van der Waals surface area contributed by atoms with Gasteiger partial charge < -0.3 is 15.3 Å². The van der Waals surface area contributed by atoms with Crippen LogP contribution in [-0.4, -0.2) is 71.6 Å². The van der Waals surface area contributed by atoms with E-state index in [4.69, 9.17) is 0 Å². The van der Waals surface area contributed by atoms with Gasteiger partial charge in [0.15, 0.2) is 6.04 Å². The minimum atomic E-state index is -1.05. The second-order valence-electron chi connectivity index (χ2n) is 5.96. The van der Waals surface area contributed by atoms with Gasteiger partial charge >= 0.3 is 12.0 Å². The van der Waals surface area contributed by atoms with Crippen molar-refractivity contribution in [2.45, 2.75) is 13.0 Å². The Morgan fingerprint density at radius 3 is 2.58 bits per heavy atom. The first kappa shape index (κ1) is 18.6. The number of carboxylic acid groups (broad SMARTS) is 1. The van der Waals surface area contributed by atoms with Gasteiger partial charge in [-0.05, 0) is 18.7 Å². The number of aliphatic carboxylic acids is 1. The van der Waals surface area contributed by atoms with E-state index >= 15 is 0 Å². The second kappa shape index (κ2) is 8.94. The number of carbonyl (C=O) groups is 2. The highest BCUT2D eigenvalue weighted by Gasteiger charge is 2.26. The molecule has 1 aromatic carbocycles. The number of urea groups is 1. The maximum atomic E-state index is 12.4. The van der Waals surface area contributed by atoms with E-state index in [-0.39, 0.29) is 6.03 Å². The van der Waals surface area contributed by atoms with Gasteiger partial charge in [-0.1, -0.05) is 29.8 Å². The second-order valence-corrected chi connectivity index (χ2v) is 6.94. The van der Waals surface area contributed by atoms with E-state index in [2.05, 4.69) is 16.5 Å². The predicted molar refractivity (Wildman–Crippen MR) is 96.5 cm³/mol. The number of nitrogens with one attached hydrogen (secondary N) is 1. The number of benzene rings is 1. The Morgan fingerprint density at radius 2 is 2.00 bits per heavy atom. The minimum absolute atomic E-state index is 0.312. The van der Waals surface area contributed by atoms with Crippen molar-refractivity contribution in [3.05, 3.63) is 35.4 Å². The van der Waals surface area contributed by atoms with Crippen LogP contribution in [0.5, 0.6) is 0 Å². The Balaban J connectivity index is 1.93. The van der Waals surface area contributed by atoms with Crippen LogP contribution in [0, 0.1) is 6.92 Å². The van der Waals surface area contributed by atoms with Crippen LogP contribution in [0.3, 0.4) is 0 Å². The van der Waals surface area contributed by atoms with Crippen molar-refractivity contribution < 1.29 is 14.7 Å². The lowest BCUT2D eigenvalue weighted by Gasteiger charge is -2.35. The number of hydrogen-bond donors (Lipinski definition) is 2. The molecule has 2 N–H and O–H groups in total. The van der Waals surface area contributed by atoms with Gasteiger partial charge in [0.1, 0.15) is 0 Å². The molecule has 1 atom stereocenters. The number of aryl methyl sites for hydroxylation is 1. The molecule has 1 saturated heterocycles. The van der Waals surface area contributed by atoms with Gasteiger partial charge in [-0.15, -0.1) is 0 Å². The maximum Gasteiger partial charge on any atom is 0.330 e. The van der Waals surface area contributed by atoms with Crippen LogP contribution >= 0.6 is 11.8 Å². The maximum absolute atomic E-state index is 12.4. The van der Waals surface area contributed by atoms with E-state index in [1.54, 1.807) is 23.1 Å². The third-order valence-electron chi connectivity index (χ3n) is 4.16. The fourth-order valence-corrected chi connectivity index (χ4v) is 3.19. The lowest BCUT2D eigenvalue weighted by atomic mass is 10.0. The summed E-state index contributed by atoms with van der Waals surface area (Å²) in [5, 5.41) is 12.1. The van der Waals surface area contributed by atoms with Gasteiger partial charge in [-0.3, -0.25) is 4.90 Å². The largest absolute Gasteiger partial charge is 0.479 e. The number of carbonyl (C=O) groups excluding carboxylic acids is 1. The summed E-state index contributed by atoms with van der Waals surface area (Å²) >= 11 is 1.81. The van der Waals surface area contributed by atoms with Crippen molar-refractivity contribution in [3.63, 3.8) is 0 Å². The zero-order chi connectivity index (χ0) is 17.5.